The molecule has 88 valence electrons. The molecule has 0 heterocycles. The van der Waals surface area contributed by atoms with Crippen LogP contribution >= 0.6 is 0 Å². The van der Waals surface area contributed by atoms with Gasteiger partial charge in [0.1, 0.15) is 0 Å². The van der Waals surface area contributed by atoms with E-state index in [0.717, 1.165) is 17.5 Å². The first-order valence-electron chi connectivity index (χ1n) is 5.48. The van der Waals surface area contributed by atoms with Crippen molar-refractivity contribution in [2.24, 2.45) is 0 Å². The van der Waals surface area contributed by atoms with Crippen LogP contribution in [0.5, 0.6) is 0 Å². The van der Waals surface area contributed by atoms with Gasteiger partial charge in [-0.1, -0.05) is 24.3 Å². The molecule has 3 heteroatoms. The molecule has 0 amide bonds. The number of methoxy groups -OCH3 is 1. The Balaban J connectivity index is 2.40. The summed E-state index contributed by atoms with van der Waals surface area (Å²) in [6, 6.07) is 8.08. The van der Waals surface area contributed by atoms with Crippen LogP contribution in [0.15, 0.2) is 24.3 Å². The van der Waals surface area contributed by atoms with Crippen molar-refractivity contribution < 1.29 is 14.3 Å². The molecule has 0 aliphatic rings. The Labute approximate surface area is 96.4 Å². The van der Waals surface area contributed by atoms with Gasteiger partial charge in [0.05, 0.1) is 13.2 Å². The molecular weight excluding hydrogens is 204 g/mol. The molecule has 1 aromatic rings. The summed E-state index contributed by atoms with van der Waals surface area (Å²) in [5, 5.41) is 0. The average Bonchev–Trinajstić information content (AvgIpc) is 2.29. The zero-order valence-electron chi connectivity index (χ0n) is 9.86. The highest BCUT2D eigenvalue weighted by molar-refractivity contribution is 5.69. The van der Waals surface area contributed by atoms with Gasteiger partial charge in [-0.3, -0.25) is 4.79 Å². The molecule has 0 radical (unpaired) electrons. The summed E-state index contributed by atoms with van der Waals surface area (Å²) in [4.78, 5) is 11.1. The van der Waals surface area contributed by atoms with Crippen LogP contribution in [0.1, 0.15) is 24.5 Å². The van der Waals surface area contributed by atoms with Gasteiger partial charge in [0.2, 0.25) is 0 Å². The number of ether oxygens (including phenoxy) is 2. The Bertz CT molecular complexity index is 316. The molecule has 0 saturated carbocycles. The van der Waals surface area contributed by atoms with E-state index in [1.807, 2.05) is 31.2 Å². The maximum Gasteiger partial charge on any atom is 0.306 e. The minimum atomic E-state index is -0.136. The summed E-state index contributed by atoms with van der Waals surface area (Å²) in [5.74, 6) is -0.136. The van der Waals surface area contributed by atoms with Gasteiger partial charge in [-0.2, -0.15) is 0 Å². The number of carbonyl (C=O) groups is 1. The lowest BCUT2D eigenvalue weighted by Gasteiger charge is -2.04. The van der Waals surface area contributed by atoms with E-state index in [1.165, 1.54) is 0 Å². The Morgan fingerprint density at radius 1 is 1.19 bits per heavy atom. The zero-order chi connectivity index (χ0) is 11.8. The number of esters is 1. The molecule has 0 N–H and O–H groups in total. The van der Waals surface area contributed by atoms with Gasteiger partial charge in [0.25, 0.3) is 0 Å². The fraction of sp³-hybridized carbons (Fsp3) is 0.462. The van der Waals surface area contributed by atoms with Crippen molar-refractivity contribution in [2.45, 2.75) is 26.4 Å². The molecule has 0 aliphatic heterocycles. The third-order valence-electron chi connectivity index (χ3n) is 2.26. The standard InChI is InChI=1S/C13H18O3/c1-3-16-13(14)9-8-11-4-6-12(7-5-11)10-15-2/h4-7H,3,8-10H2,1-2H3. The van der Waals surface area contributed by atoms with Gasteiger partial charge in [-0.05, 0) is 24.5 Å². The lowest BCUT2D eigenvalue weighted by Crippen LogP contribution is -2.05. The predicted octanol–water partition coefficient (Wildman–Crippen LogP) is 2.33. The fourth-order valence-corrected chi connectivity index (χ4v) is 1.45. The summed E-state index contributed by atoms with van der Waals surface area (Å²) >= 11 is 0. The highest BCUT2D eigenvalue weighted by Gasteiger charge is 2.02. The van der Waals surface area contributed by atoms with Crippen molar-refractivity contribution in [2.75, 3.05) is 13.7 Å². The van der Waals surface area contributed by atoms with Gasteiger partial charge in [0.15, 0.2) is 0 Å². The van der Waals surface area contributed by atoms with E-state index in [4.69, 9.17) is 9.47 Å². The summed E-state index contributed by atoms with van der Waals surface area (Å²) in [7, 11) is 1.68. The average molecular weight is 222 g/mol. The van der Waals surface area contributed by atoms with Crippen LogP contribution in [0.4, 0.5) is 0 Å². The van der Waals surface area contributed by atoms with Crippen LogP contribution in [0, 0.1) is 0 Å². The van der Waals surface area contributed by atoms with Gasteiger partial charge in [0, 0.05) is 13.5 Å². The van der Waals surface area contributed by atoms with Crippen molar-refractivity contribution >= 4 is 5.97 Å². The van der Waals surface area contributed by atoms with E-state index in [2.05, 4.69) is 0 Å². The Morgan fingerprint density at radius 3 is 2.38 bits per heavy atom. The van der Waals surface area contributed by atoms with Crippen molar-refractivity contribution in [3.8, 4) is 0 Å². The lowest BCUT2D eigenvalue weighted by molar-refractivity contribution is -0.143. The molecular formula is C13H18O3. The van der Waals surface area contributed by atoms with Crippen molar-refractivity contribution in [1.29, 1.82) is 0 Å². The molecule has 0 aliphatic carbocycles. The summed E-state index contributed by atoms with van der Waals surface area (Å²) in [5.41, 5.74) is 2.29. The molecule has 0 unspecified atom stereocenters. The molecule has 0 bridgehead atoms. The molecule has 0 fully saturated rings. The molecule has 0 aromatic heterocycles. The Morgan fingerprint density at radius 2 is 1.81 bits per heavy atom. The largest absolute Gasteiger partial charge is 0.466 e. The van der Waals surface area contributed by atoms with E-state index >= 15 is 0 Å². The quantitative estimate of drug-likeness (QED) is 0.693. The molecule has 1 rings (SSSR count). The van der Waals surface area contributed by atoms with Gasteiger partial charge >= 0.3 is 5.97 Å². The maximum absolute atomic E-state index is 11.1. The third-order valence-corrected chi connectivity index (χ3v) is 2.26. The van der Waals surface area contributed by atoms with Gasteiger partial charge < -0.3 is 9.47 Å². The van der Waals surface area contributed by atoms with Crippen LogP contribution in [-0.4, -0.2) is 19.7 Å². The first kappa shape index (κ1) is 12.7. The topological polar surface area (TPSA) is 35.5 Å². The van der Waals surface area contributed by atoms with E-state index in [9.17, 15) is 4.79 Å². The lowest BCUT2D eigenvalue weighted by atomic mass is 10.1. The summed E-state index contributed by atoms with van der Waals surface area (Å²) in [6.45, 7) is 2.89. The molecule has 1 aromatic carbocycles. The Hall–Kier alpha value is -1.35. The van der Waals surface area contributed by atoms with E-state index < -0.39 is 0 Å². The highest BCUT2D eigenvalue weighted by atomic mass is 16.5. The predicted molar refractivity (Wildman–Crippen MR) is 62.1 cm³/mol. The molecule has 0 spiro atoms. The number of carbonyl (C=O) groups excluding carboxylic acids is 1. The minimum absolute atomic E-state index is 0.136. The molecule has 16 heavy (non-hydrogen) atoms. The Kier molecular flexibility index (Phi) is 5.57. The number of hydrogen-bond acceptors (Lipinski definition) is 3. The molecule has 0 saturated heterocycles. The van der Waals surface area contributed by atoms with Crippen molar-refractivity contribution in [1.82, 2.24) is 0 Å². The van der Waals surface area contributed by atoms with Crippen LogP contribution in [0.2, 0.25) is 0 Å². The normalized spacial score (nSPS) is 10.1. The second kappa shape index (κ2) is 7.01. The van der Waals surface area contributed by atoms with Crippen LogP contribution in [-0.2, 0) is 27.3 Å². The number of aryl methyl sites for hydroxylation is 1. The second-order valence-corrected chi connectivity index (χ2v) is 3.55. The van der Waals surface area contributed by atoms with E-state index in [-0.39, 0.29) is 5.97 Å². The zero-order valence-corrected chi connectivity index (χ0v) is 9.86. The molecule has 3 nitrogen and oxygen atoms in total. The van der Waals surface area contributed by atoms with Crippen LogP contribution in [0.3, 0.4) is 0 Å². The first-order valence-corrected chi connectivity index (χ1v) is 5.48. The maximum atomic E-state index is 11.1. The van der Waals surface area contributed by atoms with Gasteiger partial charge in [-0.25, -0.2) is 0 Å². The van der Waals surface area contributed by atoms with Crippen LogP contribution < -0.4 is 0 Å². The number of rotatable bonds is 6. The minimum Gasteiger partial charge on any atom is -0.466 e. The van der Waals surface area contributed by atoms with Gasteiger partial charge in [-0.15, -0.1) is 0 Å². The summed E-state index contributed by atoms with van der Waals surface area (Å²) in [6.07, 6.45) is 1.17. The highest BCUT2D eigenvalue weighted by Crippen LogP contribution is 2.08. The monoisotopic (exact) mass is 222 g/mol. The van der Waals surface area contributed by atoms with E-state index in [1.54, 1.807) is 7.11 Å². The number of benzene rings is 1. The molecule has 0 atom stereocenters. The van der Waals surface area contributed by atoms with Crippen LogP contribution in [0.25, 0.3) is 0 Å². The second-order valence-electron chi connectivity index (χ2n) is 3.55. The van der Waals surface area contributed by atoms with Crippen molar-refractivity contribution in [3.63, 3.8) is 0 Å². The van der Waals surface area contributed by atoms with Crippen molar-refractivity contribution in [3.05, 3.63) is 35.4 Å². The first-order chi connectivity index (χ1) is 7.76. The number of hydrogen-bond donors (Lipinski definition) is 0. The smallest absolute Gasteiger partial charge is 0.306 e. The van der Waals surface area contributed by atoms with E-state index in [0.29, 0.717) is 19.6 Å². The fourth-order valence-electron chi connectivity index (χ4n) is 1.45. The SMILES string of the molecule is CCOC(=O)CCc1ccc(COC)cc1. The third kappa shape index (κ3) is 4.45. The summed E-state index contributed by atoms with van der Waals surface area (Å²) < 4.78 is 9.89.